The average Bonchev–Trinajstić information content (AvgIpc) is 3.41. The number of nitrogen functional groups attached to an aromatic ring is 1. The first-order chi connectivity index (χ1) is 15.2. The molecule has 1 saturated carbocycles. The van der Waals surface area contributed by atoms with Gasteiger partial charge in [-0.1, -0.05) is 0 Å². The quantitative estimate of drug-likeness (QED) is 0.426. The van der Waals surface area contributed by atoms with Crippen LogP contribution in [0, 0.1) is 24.1 Å². The number of H-pyrrole nitrogens is 1. The van der Waals surface area contributed by atoms with Gasteiger partial charge in [-0.3, -0.25) is 14.6 Å². The van der Waals surface area contributed by atoms with Crippen LogP contribution in [-0.4, -0.2) is 25.9 Å². The van der Waals surface area contributed by atoms with E-state index in [-0.39, 0.29) is 29.3 Å². The SMILES string of the molecule is Cc1c(F)cc2[nH]ncc2c1-n1c(N)c(C#N)c2cnc(C3CC3)c(CCC(F)(F)F)c21. The molecule has 1 aromatic carbocycles. The van der Waals surface area contributed by atoms with Crippen molar-refractivity contribution in [1.82, 2.24) is 19.7 Å². The lowest BCUT2D eigenvalue weighted by Gasteiger charge is -2.17. The molecule has 0 saturated heterocycles. The van der Waals surface area contributed by atoms with Crippen molar-refractivity contribution in [2.24, 2.45) is 0 Å². The first-order valence-corrected chi connectivity index (χ1v) is 10.1. The van der Waals surface area contributed by atoms with E-state index in [9.17, 15) is 22.8 Å². The summed E-state index contributed by atoms with van der Waals surface area (Å²) in [5, 5.41) is 17.4. The topological polar surface area (TPSA) is 96.3 Å². The van der Waals surface area contributed by atoms with Crippen molar-refractivity contribution in [3.05, 3.63) is 46.7 Å². The van der Waals surface area contributed by atoms with Crippen LogP contribution in [0.2, 0.25) is 0 Å². The molecule has 32 heavy (non-hydrogen) atoms. The van der Waals surface area contributed by atoms with Crippen LogP contribution in [0.5, 0.6) is 0 Å². The van der Waals surface area contributed by atoms with Crippen LogP contribution in [0.1, 0.15) is 47.6 Å². The number of aromatic nitrogens is 4. The van der Waals surface area contributed by atoms with E-state index >= 15 is 0 Å². The van der Waals surface area contributed by atoms with Crippen molar-refractivity contribution >= 4 is 27.6 Å². The Morgan fingerprint density at radius 1 is 1.28 bits per heavy atom. The van der Waals surface area contributed by atoms with Gasteiger partial charge >= 0.3 is 6.18 Å². The van der Waals surface area contributed by atoms with Crippen LogP contribution >= 0.6 is 0 Å². The highest BCUT2D eigenvalue weighted by molar-refractivity contribution is 5.99. The lowest BCUT2D eigenvalue weighted by atomic mass is 10.0. The zero-order chi connectivity index (χ0) is 22.8. The third-order valence-corrected chi connectivity index (χ3v) is 6.04. The van der Waals surface area contributed by atoms with E-state index in [0.717, 1.165) is 12.8 Å². The van der Waals surface area contributed by atoms with Gasteiger partial charge in [0.25, 0.3) is 0 Å². The van der Waals surface area contributed by atoms with Gasteiger partial charge in [0.2, 0.25) is 0 Å². The molecular formula is C22H18F4N6. The number of nitrogens with one attached hydrogen (secondary N) is 1. The molecule has 0 spiro atoms. The third kappa shape index (κ3) is 3.07. The highest BCUT2D eigenvalue weighted by Gasteiger charge is 2.34. The molecule has 3 N–H and O–H groups in total. The van der Waals surface area contributed by atoms with Crippen LogP contribution in [-0.2, 0) is 6.42 Å². The Hall–Kier alpha value is -3.61. The lowest BCUT2D eigenvalue weighted by molar-refractivity contribution is -0.133. The van der Waals surface area contributed by atoms with Gasteiger partial charge in [-0.05, 0) is 37.8 Å². The van der Waals surface area contributed by atoms with Crippen LogP contribution < -0.4 is 5.73 Å². The van der Waals surface area contributed by atoms with Gasteiger partial charge in [0.1, 0.15) is 23.3 Å². The second-order valence-electron chi connectivity index (χ2n) is 8.14. The number of benzene rings is 1. The summed E-state index contributed by atoms with van der Waals surface area (Å²) in [5.74, 6) is -0.424. The molecule has 0 atom stereocenters. The Bertz CT molecular complexity index is 1420. The minimum atomic E-state index is -4.36. The highest BCUT2D eigenvalue weighted by Crippen LogP contribution is 2.45. The summed E-state index contributed by atoms with van der Waals surface area (Å²) in [6.07, 6.45) is -1.04. The number of fused-ring (bicyclic) bond motifs is 2. The number of anilines is 1. The van der Waals surface area contributed by atoms with Gasteiger partial charge < -0.3 is 5.73 Å². The van der Waals surface area contributed by atoms with E-state index in [1.807, 2.05) is 6.07 Å². The molecule has 4 aromatic rings. The largest absolute Gasteiger partial charge is 0.389 e. The molecular weight excluding hydrogens is 424 g/mol. The van der Waals surface area contributed by atoms with Crippen molar-refractivity contribution in [1.29, 1.82) is 5.26 Å². The highest BCUT2D eigenvalue weighted by atomic mass is 19.4. The molecule has 3 heterocycles. The number of nitrogens with zero attached hydrogens (tertiary/aromatic N) is 4. The summed E-state index contributed by atoms with van der Waals surface area (Å²) in [5.41, 5.74) is 8.83. The molecule has 1 fully saturated rings. The Morgan fingerprint density at radius 3 is 2.69 bits per heavy atom. The number of hydrogen-bond acceptors (Lipinski definition) is 4. The third-order valence-electron chi connectivity index (χ3n) is 6.04. The number of aromatic amines is 1. The van der Waals surface area contributed by atoms with Gasteiger partial charge in [0.05, 0.1) is 22.9 Å². The molecule has 1 aliphatic rings. The number of nitrogens with two attached hydrogens (primary N) is 1. The van der Waals surface area contributed by atoms with Crippen LogP contribution in [0.4, 0.5) is 23.4 Å². The maximum atomic E-state index is 14.8. The average molecular weight is 442 g/mol. The van der Waals surface area contributed by atoms with Crippen LogP contribution in [0.3, 0.4) is 0 Å². The van der Waals surface area contributed by atoms with E-state index in [1.165, 1.54) is 23.0 Å². The fourth-order valence-electron chi connectivity index (χ4n) is 4.37. The van der Waals surface area contributed by atoms with Crippen molar-refractivity contribution in [3.63, 3.8) is 0 Å². The maximum absolute atomic E-state index is 14.8. The second kappa shape index (κ2) is 6.95. The summed E-state index contributed by atoms with van der Waals surface area (Å²) in [6.45, 7) is 1.56. The number of halogens is 4. The van der Waals surface area contributed by atoms with E-state index < -0.39 is 18.4 Å². The second-order valence-corrected chi connectivity index (χ2v) is 8.14. The predicted octanol–water partition coefficient (Wildman–Crippen LogP) is 5.18. The maximum Gasteiger partial charge on any atom is 0.389 e. The first-order valence-electron chi connectivity index (χ1n) is 10.1. The molecule has 0 radical (unpaired) electrons. The summed E-state index contributed by atoms with van der Waals surface area (Å²) >= 11 is 0. The monoisotopic (exact) mass is 442 g/mol. The smallest absolute Gasteiger partial charge is 0.384 e. The number of pyridine rings is 1. The normalized spacial score (nSPS) is 14.4. The molecule has 10 heteroatoms. The zero-order valence-electron chi connectivity index (χ0n) is 17.0. The van der Waals surface area contributed by atoms with Gasteiger partial charge in [0.15, 0.2) is 0 Å². The van der Waals surface area contributed by atoms with Crippen LogP contribution in [0.15, 0.2) is 18.5 Å². The molecule has 5 rings (SSSR count). The fraction of sp³-hybridized carbons (Fsp3) is 0.318. The molecule has 0 bridgehead atoms. The van der Waals surface area contributed by atoms with Gasteiger partial charge in [-0.25, -0.2) is 4.39 Å². The molecule has 1 aliphatic carbocycles. The van der Waals surface area contributed by atoms with Crippen molar-refractivity contribution in [2.45, 2.75) is 44.7 Å². The first kappa shape index (κ1) is 20.3. The minimum absolute atomic E-state index is 0.0294. The number of aryl methyl sites for hydroxylation is 1. The molecule has 0 amide bonds. The van der Waals surface area contributed by atoms with Gasteiger partial charge in [-0.2, -0.15) is 23.5 Å². The van der Waals surface area contributed by atoms with E-state index in [1.54, 1.807) is 6.92 Å². The van der Waals surface area contributed by atoms with Crippen molar-refractivity contribution in [3.8, 4) is 11.8 Å². The summed E-state index contributed by atoms with van der Waals surface area (Å²) < 4.78 is 55.8. The molecule has 3 aromatic heterocycles. The molecule has 164 valence electrons. The Labute approximate surface area is 179 Å². The number of hydrogen-bond donors (Lipinski definition) is 2. The molecule has 0 aliphatic heterocycles. The predicted molar refractivity (Wildman–Crippen MR) is 111 cm³/mol. The van der Waals surface area contributed by atoms with E-state index in [2.05, 4.69) is 15.2 Å². The Morgan fingerprint density at radius 2 is 2.03 bits per heavy atom. The summed E-state index contributed by atoms with van der Waals surface area (Å²) in [6, 6.07) is 3.34. The lowest BCUT2D eigenvalue weighted by Crippen LogP contribution is -2.12. The van der Waals surface area contributed by atoms with Gasteiger partial charge in [-0.15, -0.1) is 0 Å². The number of rotatable bonds is 4. The standard InChI is InChI=1S/C22H18F4N6/c1-10-16(23)6-17-15(9-30-31-17)19(10)32-20-12(4-5-22(24,25)26)18(11-2-3-11)29-8-14(20)13(7-27)21(32)28/h6,8-9,11H,2-5,28H2,1H3,(H,30,31). The van der Waals surface area contributed by atoms with Crippen molar-refractivity contribution in [2.75, 3.05) is 5.73 Å². The number of alkyl halides is 3. The van der Waals surface area contributed by atoms with E-state index in [4.69, 9.17) is 5.73 Å². The van der Waals surface area contributed by atoms with Crippen LogP contribution in [0.25, 0.3) is 27.5 Å². The van der Waals surface area contributed by atoms with E-state index in [0.29, 0.717) is 38.8 Å². The zero-order valence-corrected chi connectivity index (χ0v) is 17.0. The minimum Gasteiger partial charge on any atom is -0.384 e. The molecule has 0 unspecified atom stereocenters. The van der Waals surface area contributed by atoms with Gasteiger partial charge in [0, 0.05) is 40.6 Å². The fourth-order valence-corrected chi connectivity index (χ4v) is 4.37. The summed E-state index contributed by atoms with van der Waals surface area (Å²) in [4.78, 5) is 4.44. The Balaban J connectivity index is 1.91. The summed E-state index contributed by atoms with van der Waals surface area (Å²) in [7, 11) is 0. The van der Waals surface area contributed by atoms with Crippen molar-refractivity contribution < 1.29 is 17.6 Å². The number of nitriles is 1. The Kier molecular flexibility index (Phi) is 4.41. The molecule has 6 nitrogen and oxygen atoms in total.